The van der Waals surface area contributed by atoms with Gasteiger partial charge in [-0.1, -0.05) is 28.1 Å². The number of hydrogen-bond acceptors (Lipinski definition) is 3. The third-order valence-electron chi connectivity index (χ3n) is 3.22. The molecular formula is C15H13BrN2OS. The van der Waals surface area contributed by atoms with Gasteiger partial charge in [-0.15, -0.1) is 11.3 Å². The fourth-order valence-corrected chi connectivity index (χ4v) is 3.38. The number of aryl methyl sites for hydroxylation is 2. The van der Waals surface area contributed by atoms with Crippen molar-refractivity contribution in [1.29, 1.82) is 0 Å². The van der Waals surface area contributed by atoms with E-state index < -0.39 is 0 Å². The number of halogens is 1. The number of fused-ring (bicyclic) bond motifs is 1. The van der Waals surface area contributed by atoms with Crippen LogP contribution in [0.25, 0.3) is 10.2 Å². The van der Waals surface area contributed by atoms with E-state index in [1.165, 1.54) is 0 Å². The highest BCUT2D eigenvalue weighted by Crippen LogP contribution is 2.20. The number of benzene rings is 1. The van der Waals surface area contributed by atoms with Crippen molar-refractivity contribution in [2.45, 2.75) is 20.4 Å². The van der Waals surface area contributed by atoms with Crippen LogP contribution in [0.3, 0.4) is 0 Å². The quantitative estimate of drug-likeness (QED) is 0.704. The van der Waals surface area contributed by atoms with Gasteiger partial charge in [-0.3, -0.25) is 9.36 Å². The summed E-state index contributed by atoms with van der Waals surface area (Å²) in [7, 11) is 0. The first-order valence-electron chi connectivity index (χ1n) is 6.26. The molecule has 2 aromatic heterocycles. The van der Waals surface area contributed by atoms with Gasteiger partial charge in [0.2, 0.25) is 0 Å². The standard InChI is InChI=1S/C15H13BrN2OS/c1-9-7-13-14(20-9)17-10(2)18(15(13)19)8-11-3-5-12(16)6-4-11/h3-7H,8H2,1-2H3. The van der Waals surface area contributed by atoms with E-state index in [0.717, 1.165) is 31.0 Å². The molecule has 2 heterocycles. The summed E-state index contributed by atoms with van der Waals surface area (Å²) in [6.45, 7) is 4.44. The minimum absolute atomic E-state index is 0.0415. The summed E-state index contributed by atoms with van der Waals surface area (Å²) >= 11 is 4.98. The molecule has 20 heavy (non-hydrogen) atoms. The zero-order valence-electron chi connectivity index (χ0n) is 11.2. The van der Waals surface area contributed by atoms with Crippen molar-refractivity contribution < 1.29 is 0 Å². The summed E-state index contributed by atoms with van der Waals surface area (Å²) in [6, 6.07) is 9.91. The summed E-state index contributed by atoms with van der Waals surface area (Å²) in [5.74, 6) is 0.757. The van der Waals surface area contributed by atoms with Gasteiger partial charge in [0, 0.05) is 9.35 Å². The SMILES string of the molecule is Cc1cc2c(=O)n(Cc3ccc(Br)cc3)c(C)nc2s1. The lowest BCUT2D eigenvalue weighted by Gasteiger charge is -2.09. The molecule has 0 unspecified atom stereocenters. The van der Waals surface area contributed by atoms with Crippen molar-refractivity contribution in [2.24, 2.45) is 0 Å². The number of rotatable bonds is 2. The molecule has 5 heteroatoms. The smallest absolute Gasteiger partial charge is 0.262 e. The third kappa shape index (κ3) is 2.43. The highest BCUT2D eigenvalue weighted by molar-refractivity contribution is 9.10. The van der Waals surface area contributed by atoms with E-state index in [1.807, 2.05) is 44.2 Å². The minimum atomic E-state index is 0.0415. The molecule has 0 saturated heterocycles. The molecule has 0 atom stereocenters. The average molecular weight is 349 g/mol. The fraction of sp³-hybridized carbons (Fsp3) is 0.200. The van der Waals surface area contributed by atoms with E-state index in [9.17, 15) is 4.79 Å². The van der Waals surface area contributed by atoms with Crippen LogP contribution in [-0.4, -0.2) is 9.55 Å². The maximum Gasteiger partial charge on any atom is 0.262 e. The summed E-state index contributed by atoms with van der Waals surface area (Å²) in [5, 5.41) is 0.718. The Labute approximate surface area is 129 Å². The van der Waals surface area contributed by atoms with E-state index in [2.05, 4.69) is 20.9 Å². The van der Waals surface area contributed by atoms with Crippen LogP contribution in [0.4, 0.5) is 0 Å². The second-order valence-electron chi connectivity index (χ2n) is 4.75. The highest BCUT2D eigenvalue weighted by Gasteiger charge is 2.10. The molecule has 102 valence electrons. The van der Waals surface area contributed by atoms with Gasteiger partial charge in [0.05, 0.1) is 11.9 Å². The van der Waals surface area contributed by atoms with Crippen LogP contribution in [0.1, 0.15) is 16.3 Å². The van der Waals surface area contributed by atoms with Crippen molar-refractivity contribution in [3.63, 3.8) is 0 Å². The Kier molecular flexibility index (Phi) is 3.48. The summed E-state index contributed by atoms with van der Waals surface area (Å²) < 4.78 is 2.77. The van der Waals surface area contributed by atoms with Crippen molar-refractivity contribution in [2.75, 3.05) is 0 Å². The molecule has 3 aromatic rings. The van der Waals surface area contributed by atoms with Gasteiger partial charge < -0.3 is 0 Å². The average Bonchev–Trinajstić information content (AvgIpc) is 2.77. The lowest BCUT2D eigenvalue weighted by atomic mass is 10.2. The number of thiophene rings is 1. The largest absolute Gasteiger partial charge is 0.292 e. The summed E-state index contributed by atoms with van der Waals surface area (Å²) in [6.07, 6.45) is 0. The topological polar surface area (TPSA) is 34.9 Å². The molecule has 0 amide bonds. The Morgan fingerprint density at radius 2 is 1.95 bits per heavy atom. The Hall–Kier alpha value is -1.46. The van der Waals surface area contributed by atoms with E-state index in [4.69, 9.17) is 0 Å². The van der Waals surface area contributed by atoms with E-state index in [-0.39, 0.29) is 5.56 Å². The second-order valence-corrected chi connectivity index (χ2v) is 6.90. The molecule has 3 rings (SSSR count). The lowest BCUT2D eigenvalue weighted by molar-refractivity contribution is 0.714. The van der Waals surface area contributed by atoms with Gasteiger partial charge >= 0.3 is 0 Å². The first-order valence-corrected chi connectivity index (χ1v) is 7.87. The van der Waals surface area contributed by atoms with E-state index >= 15 is 0 Å². The van der Waals surface area contributed by atoms with Crippen molar-refractivity contribution in [3.05, 3.63) is 61.4 Å². The van der Waals surface area contributed by atoms with Crippen LogP contribution in [-0.2, 0) is 6.54 Å². The van der Waals surface area contributed by atoms with Crippen molar-refractivity contribution in [1.82, 2.24) is 9.55 Å². The van der Waals surface area contributed by atoms with Gasteiger partial charge in [-0.25, -0.2) is 4.98 Å². The molecule has 0 spiro atoms. The highest BCUT2D eigenvalue weighted by atomic mass is 79.9. The molecule has 3 nitrogen and oxygen atoms in total. The number of nitrogens with zero attached hydrogens (tertiary/aromatic N) is 2. The molecule has 0 bridgehead atoms. The normalized spacial score (nSPS) is 11.2. The monoisotopic (exact) mass is 348 g/mol. The van der Waals surface area contributed by atoms with Crippen LogP contribution in [0, 0.1) is 13.8 Å². The molecule has 0 aliphatic carbocycles. The van der Waals surface area contributed by atoms with Gasteiger partial charge in [-0.05, 0) is 37.6 Å². The summed E-state index contributed by atoms with van der Waals surface area (Å²) in [5.41, 5.74) is 1.13. The molecule has 0 aliphatic heterocycles. The third-order valence-corrected chi connectivity index (χ3v) is 4.69. The maximum atomic E-state index is 12.6. The molecule has 0 saturated carbocycles. The predicted molar refractivity (Wildman–Crippen MR) is 86.6 cm³/mol. The zero-order valence-corrected chi connectivity index (χ0v) is 13.6. The van der Waals surface area contributed by atoms with Crippen LogP contribution < -0.4 is 5.56 Å². The van der Waals surface area contributed by atoms with Gasteiger partial charge in [0.25, 0.3) is 5.56 Å². The number of aromatic nitrogens is 2. The first kappa shape index (κ1) is 13.5. The van der Waals surface area contributed by atoms with Crippen molar-refractivity contribution in [3.8, 4) is 0 Å². The zero-order chi connectivity index (χ0) is 14.3. The molecule has 1 aromatic carbocycles. The maximum absolute atomic E-state index is 12.6. The van der Waals surface area contributed by atoms with Crippen LogP contribution >= 0.6 is 27.3 Å². The van der Waals surface area contributed by atoms with Gasteiger partial charge in [-0.2, -0.15) is 0 Å². The Balaban J connectivity index is 2.11. The minimum Gasteiger partial charge on any atom is -0.292 e. The summed E-state index contributed by atoms with van der Waals surface area (Å²) in [4.78, 5) is 19.0. The molecular weight excluding hydrogens is 336 g/mol. The van der Waals surface area contributed by atoms with Crippen molar-refractivity contribution >= 4 is 37.5 Å². The predicted octanol–water partition coefficient (Wildman–Crippen LogP) is 3.89. The Morgan fingerprint density at radius 3 is 2.65 bits per heavy atom. The molecule has 0 aliphatic rings. The van der Waals surface area contributed by atoms with E-state index in [0.29, 0.717) is 6.54 Å². The molecule has 0 radical (unpaired) electrons. The Bertz CT molecular complexity index is 833. The first-order chi connectivity index (χ1) is 9.54. The Morgan fingerprint density at radius 1 is 1.25 bits per heavy atom. The van der Waals surface area contributed by atoms with Crippen LogP contribution in [0.15, 0.2) is 39.6 Å². The van der Waals surface area contributed by atoms with E-state index in [1.54, 1.807) is 15.9 Å². The second kappa shape index (κ2) is 5.14. The molecule has 0 N–H and O–H groups in total. The van der Waals surface area contributed by atoms with Crippen LogP contribution in [0.2, 0.25) is 0 Å². The van der Waals surface area contributed by atoms with Gasteiger partial charge in [0.15, 0.2) is 0 Å². The number of hydrogen-bond donors (Lipinski definition) is 0. The van der Waals surface area contributed by atoms with Crippen LogP contribution in [0.5, 0.6) is 0 Å². The fourth-order valence-electron chi connectivity index (χ4n) is 2.20. The lowest BCUT2D eigenvalue weighted by Crippen LogP contribution is -2.23. The molecule has 0 fully saturated rings. The van der Waals surface area contributed by atoms with Gasteiger partial charge in [0.1, 0.15) is 10.7 Å².